The Hall–Kier alpha value is -1.55. The number of hydrogen-bond acceptors (Lipinski definition) is 4. The van der Waals surface area contributed by atoms with E-state index < -0.39 is 0 Å². The first kappa shape index (κ1) is 17.8. The summed E-state index contributed by atoms with van der Waals surface area (Å²) in [5, 5.41) is 0.978. The summed E-state index contributed by atoms with van der Waals surface area (Å²) in [5.41, 5.74) is 2.03. The number of hydrogen-bond donors (Lipinski definition) is 0. The van der Waals surface area contributed by atoms with Crippen LogP contribution in [0.15, 0.2) is 46.6 Å². The second kappa shape index (κ2) is 7.59. The van der Waals surface area contributed by atoms with Gasteiger partial charge in [0.15, 0.2) is 0 Å². The third-order valence-electron chi connectivity index (χ3n) is 6.18. The van der Waals surface area contributed by atoms with E-state index in [0.29, 0.717) is 11.3 Å². The molecule has 0 N–H and O–H groups in total. The molecule has 2 aliphatic rings. The Morgan fingerprint density at radius 3 is 2.35 bits per heavy atom. The fraction of sp³-hybridized carbons (Fsp3) is 0.545. The second-order valence-electron chi connectivity index (χ2n) is 8.20. The molecule has 1 saturated heterocycles. The molecule has 0 amide bonds. The monoisotopic (exact) mass is 367 g/mol. The first-order valence-corrected chi connectivity index (χ1v) is 10.8. The van der Waals surface area contributed by atoms with E-state index in [4.69, 9.17) is 9.97 Å². The Morgan fingerprint density at radius 2 is 1.69 bits per heavy atom. The summed E-state index contributed by atoms with van der Waals surface area (Å²) in [6, 6.07) is 8.60. The molecule has 1 spiro atoms. The van der Waals surface area contributed by atoms with Crippen LogP contribution in [0, 0.1) is 5.41 Å². The van der Waals surface area contributed by atoms with Crippen LogP contribution in [0.4, 0.5) is 5.82 Å². The lowest BCUT2D eigenvalue weighted by Gasteiger charge is -2.39. The van der Waals surface area contributed by atoms with Gasteiger partial charge in [-0.15, -0.1) is 0 Å². The van der Waals surface area contributed by atoms with Gasteiger partial charge >= 0.3 is 0 Å². The predicted molar refractivity (Wildman–Crippen MR) is 109 cm³/mol. The lowest BCUT2D eigenvalue weighted by molar-refractivity contribution is 0.226. The number of rotatable bonds is 4. The first-order chi connectivity index (χ1) is 12.7. The molecule has 1 aromatic heterocycles. The maximum atomic E-state index is 4.73. The molecule has 1 saturated carbocycles. The van der Waals surface area contributed by atoms with Gasteiger partial charge in [0.1, 0.15) is 10.8 Å². The van der Waals surface area contributed by atoms with Crippen molar-refractivity contribution in [2.24, 2.45) is 5.41 Å². The van der Waals surface area contributed by atoms with Crippen LogP contribution in [-0.4, -0.2) is 23.1 Å². The van der Waals surface area contributed by atoms with E-state index in [1.807, 2.05) is 12.4 Å². The van der Waals surface area contributed by atoms with Crippen LogP contribution < -0.4 is 4.90 Å². The maximum absolute atomic E-state index is 4.73. The molecule has 4 heteroatoms. The zero-order valence-electron chi connectivity index (χ0n) is 15.9. The van der Waals surface area contributed by atoms with Crippen molar-refractivity contribution >= 4 is 17.6 Å². The molecular weight excluding hydrogens is 338 g/mol. The zero-order valence-corrected chi connectivity index (χ0v) is 16.8. The Morgan fingerprint density at radius 1 is 0.962 bits per heavy atom. The molecule has 0 radical (unpaired) electrons. The van der Waals surface area contributed by atoms with Gasteiger partial charge in [0, 0.05) is 18.0 Å². The standard InChI is InChI=1S/C22H29N3S/c1-17(2)18-7-3-4-8-19(18)26-21-16-23-20(15-24-21)25-13-11-22(12-14-25)9-5-6-10-22/h3-4,7-8,15-17H,5-6,9-14H2,1-2H3. The van der Waals surface area contributed by atoms with Crippen molar-refractivity contribution in [2.75, 3.05) is 18.0 Å². The summed E-state index contributed by atoms with van der Waals surface area (Å²) in [6.45, 7) is 6.75. The van der Waals surface area contributed by atoms with Gasteiger partial charge in [0.05, 0.1) is 12.4 Å². The SMILES string of the molecule is CC(C)c1ccccc1Sc1cnc(N2CCC3(CCCC3)CC2)cn1. The van der Waals surface area contributed by atoms with Gasteiger partial charge in [-0.25, -0.2) is 9.97 Å². The molecule has 26 heavy (non-hydrogen) atoms. The summed E-state index contributed by atoms with van der Waals surface area (Å²) in [7, 11) is 0. The minimum absolute atomic E-state index is 0.516. The molecule has 138 valence electrons. The van der Waals surface area contributed by atoms with Gasteiger partial charge in [-0.1, -0.05) is 56.7 Å². The van der Waals surface area contributed by atoms with Crippen LogP contribution in [0.5, 0.6) is 0 Å². The highest BCUT2D eigenvalue weighted by molar-refractivity contribution is 7.99. The number of anilines is 1. The quantitative estimate of drug-likeness (QED) is 0.671. The van der Waals surface area contributed by atoms with Crippen LogP contribution in [0.25, 0.3) is 0 Å². The highest BCUT2D eigenvalue weighted by Crippen LogP contribution is 2.46. The fourth-order valence-electron chi connectivity index (χ4n) is 4.52. The summed E-state index contributed by atoms with van der Waals surface area (Å²) in [6.07, 6.45) is 12.3. The predicted octanol–water partition coefficient (Wildman–Crippen LogP) is 5.91. The highest BCUT2D eigenvalue weighted by Gasteiger charge is 2.37. The van der Waals surface area contributed by atoms with Crippen molar-refractivity contribution in [3.63, 3.8) is 0 Å². The zero-order chi connectivity index (χ0) is 18.0. The lowest BCUT2D eigenvalue weighted by atomic mass is 9.77. The third kappa shape index (κ3) is 3.75. The summed E-state index contributed by atoms with van der Waals surface area (Å²) in [5.74, 6) is 1.56. The van der Waals surface area contributed by atoms with Crippen LogP contribution in [0.2, 0.25) is 0 Å². The Balaban J connectivity index is 1.41. The van der Waals surface area contributed by atoms with Crippen molar-refractivity contribution in [1.82, 2.24) is 9.97 Å². The van der Waals surface area contributed by atoms with E-state index in [-0.39, 0.29) is 0 Å². The normalized spacial score (nSPS) is 19.4. The van der Waals surface area contributed by atoms with Gasteiger partial charge in [-0.05, 0) is 48.6 Å². The van der Waals surface area contributed by atoms with Crippen molar-refractivity contribution in [1.29, 1.82) is 0 Å². The van der Waals surface area contributed by atoms with E-state index in [1.165, 1.54) is 49.0 Å². The van der Waals surface area contributed by atoms with Crippen molar-refractivity contribution in [2.45, 2.75) is 68.2 Å². The minimum atomic E-state index is 0.516. The molecule has 2 fully saturated rings. The molecule has 1 aliphatic heterocycles. The average molecular weight is 368 g/mol. The lowest BCUT2D eigenvalue weighted by Crippen LogP contribution is -2.39. The van der Waals surface area contributed by atoms with Crippen LogP contribution in [0.1, 0.15) is 63.9 Å². The number of nitrogens with zero attached hydrogens (tertiary/aromatic N) is 3. The van der Waals surface area contributed by atoms with Crippen molar-refractivity contribution < 1.29 is 0 Å². The molecule has 0 bridgehead atoms. The van der Waals surface area contributed by atoms with Crippen molar-refractivity contribution in [3.05, 3.63) is 42.2 Å². The Kier molecular flexibility index (Phi) is 5.21. The van der Waals surface area contributed by atoms with E-state index in [9.17, 15) is 0 Å². The molecule has 1 aromatic carbocycles. The minimum Gasteiger partial charge on any atom is -0.355 e. The second-order valence-corrected chi connectivity index (χ2v) is 9.26. The van der Waals surface area contributed by atoms with Crippen molar-refractivity contribution in [3.8, 4) is 0 Å². The van der Waals surface area contributed by atoms with E-state index >= 15 is 0 Å². The van der Waals surface area contributed by atoms with Crippen LogP contribution >= 0.6 is 11.8 Å². The summed E-state index contributed by atoms with van der Waals surface area (Å²) < 4.78 is 0. The smallest absolute Gasteiger partial charge is 0.147 e. The van der Waals surface area contributed by atoms with Gasteiger partial charge in [-0.3, -0.25) is 0 Å². The molecule has 3 nitrogen and oxygen atoms in total. The van der Waals surface area contributed by atoms with Gasteiger partial charge in [0.25, 0.3) is 0 Å². The summed E-state index contributed by atoms with van der Waals surface area (Å²) in [4.78, 5) is 13.1. The molecule has 0 unspecified atom stereocenters. The first-order valence-electron chi connectivity index (χ1n) is 9.99. The maximum Gasteiger partial charge on any atom is 0.147 e. The van der Waals surface area contributed by atoms with Crippen LogP contribution in [0.3, 0.4) is 0 Å². The molecular formula is C22H29N3S. The van der Waals surface area contributed by atoms with Gasteiger partial charge < -0.3 is 4.90 Å². The largest absolute Gasteiger partial charge is 0.355 e. The highest BCUT2D eigenvalue weighted by atomic mass is 32.2. The molecule has 1 aliphatic carbocycles. The molecule has 0 atom stereocenters. The molecule has 4 rings (SSSR count). The fourth-order valence-corrected chi connectivity index (χ4v) is 5.53. The molecule has 2 heterocycles. The van der Waals surface area contributed by atoms with E-state index in [0.717, 1.165) is 23.9 Å². The average Bonchev–Trinajstić information content (AvgIpc) is 3.11. The summed E-state index contributed by atoms with van der Waals surface area (Å²) >= 11 is 1.72. The molecule has 2 aromatic rings. The number of aromatic nitrogens is 2. The number of benzene rings is 1. The Bertz CT molecular complexity index is 725. The van der Waals surface area contributed by atoms with Gasteiger partial charge in [0.2, 0.25) is 0 Å². The Labute approximate surface area is 161 Å². The number of piperidine rings is 1. The topological polar surface area (TPSA) is 29.0 Å². The van der Waals surface area contributed by atoms with Gasteiger partial charge in [-0.2, -0.15) is 0 Å². The van der Waals surface area contributed by atoms with E-state index in [2.05, 4.69) is 43.0 Å². The third-order valence-corrected chi connectivity index (χ3v) is 7.19. The van der Waals surface area contributed by atoms with E-state index in [1.54, 1.807) is 11.8 Å². The van der Waals surface area contributed by atoms with Crippen LogP contribution in [-0.2, 0) is 0 Å².